The highest BCUT2D eigenvalue weighted by molar-refractivity contribution is 7.17. The molecule has 2 nitrogen and oxygen atoms in total. The molecule has 0 bridgehead atoms. The molecule has 98 valence electrons. The van der Waals surface area contributed by atoms with E-state index < -0.39 is 0 Å². The molecule has 2 aromatic rings. The zero-order valence-corrected chi connectivity index (χ0v) is 12.3. The first-order valence-electron chi connectivity index (χ1n) is 6.12. The van der Waals surface area contributed by atoms with Gasteiger partial charge in [0.25, 0.3) is 0 Å². The summed E-state index contributed by atoms with van der Waals surface area (Å²) in [4.78, 5) is 2.27. The summed E-state index contributed by atoms with van der Waals surface area (Å²) in [5, 5.41) is 13.3. The van der Waals surface area contributed by atoms with Crippen LogP contribution in [0, 0.1) is 0 Å². The molecule has 1 aromatic carbocycles. The lowest BCUT2D eigenvalue weighted by Crippen LogP contribution is -2.32. The van der Waals surface area contributed by atoms with Crippen LogP contribution in [0.15, 0.2) is 23.6 Å². The molecule has 18 heavy (non-hydrogen) atoms. The third-order valence-electron chi connectivity index (χ3n) is 3.11. The highest BCUT2D eigenvalue weighted by atomic mass is 35.5. The fourth-order valence-electron chi connectivity index (χ4n) is 2.04. The maximum Gasteiger partial charge on any atom is 0.0558 e. The lowest BCUT2D eigenvalue weighted by molar-refractivity contribution is 0.160. The second-order valence-electron chi connectivity index (χ2n) is 4.69. The van der Waals surface area contributed by atoms with Crippen LogP contribution in [0.2, 0.25) is 5.02 Å². The van der Waals surface area contributed by atoms with E-state index in [1.807, 2.05) is 12.1 Å². The molecule has 0 atom stereocenters. The molecule has 4 heteroatoms. The van der Waals surface area contributed by atoms with Crippen molar-refractivity contribution in [2.24, 2.45) is 0 Å². The SMILES string of the molecule is CC(C)N(CCO)Cc1csc2ccc(Cl)cc12. The molecule has 1 N–H and O–H groups in total. The summed E-state index contributed by atoms with van der Waals surface area (Å²) < 4.78 is 1.27. The van der Waals surface area contributed by atoms with Crippen molar-refractivity contribution in [3.8, 4) is 0 Å². The van der Waals surface area contributed by atoms with Gasteiger partial charge in [0.15, 0.2) is 0 Å². The number of rotatable bonds is 5. The zero-order chi connectivity index (χ0) is 13.1. The number of hydrogen-bond donors (Lipinski definition) is 1. The summed E-state index contributed by atoms with van der Waals surface area (Å²) in [6.07, 6.45) is 0. The molecular formula is C14H18ClNOS. The van der Waals surface area contributed by atoms with E-state index in [9.17, 15) is 0 Å². The van der Waals surface area contributed by atoms with Gasteiger partial charge in [0.1, 0.15) is 0 Å². The van der Waals surface area contributed by atoms with Crippen LogP contribution in [0.1, 0.15) is 19.4 Å². The van der Waals surface area contributed by atoms with E-state index in [0.29, 0.717) is 12.6 Å². The van der Waals surface area contributed by atoms with Gasteiger partial charge in [-0.3, -0.25) is 4.90 Å². The van der Waals surface area contributed by atoms with Gasteiger partial charge < -0.3 is 5.11 Å². The standard InChI is InChI=1S/C14H18ClNOS/c1-10(2)16(5-6-17)8-11-9-18-14-4-3-12(15)7-13(11)14/h3-4,7,9-10,17H,5-6,8H2,1-2H3. The van der Waals surface area contributed by atoms with E-state index in [0.717, 1.165) is 11.6 Å². The lowest BCUT2D eigenvalue weighted by Gasteiger charge is -2.25. The molecule has 1 aromatic heterocycles. The lowest BCUT2D eigenvalue weighted by atomic mass is 10.1. The van der Waals surface area contributed by atoms with Crippen molar-refractivity contribution in [3.05, 3.63) is 34.2 Å². The van der Waals surface area contributed by atoms with Crippen LogP contribution < -0.4 is 0 Å². The van der Waals surface area contributed by atoms with Gasteiger partial charge in [-0.2, -0.15) is 0 Å². The van der Waals surface area contributed by atoms with Crippen molar-refractivity contribution < 1.29 is 5.11 Å². The highest BCUT2D eigenvalue weighted by Crippen LogP contribution is 2.29. The van der Waals surface area contributed by atoms with Gasteiger partial charge in [-0.1, -0.05) is 11.6 Å². The van der Waals surface area contributed by atoms with E-state index in [1.165, 1.54) is 15.6 Å². The third-order valence-corrected chi connectivity index (χ3v) is 4.35. The molecule has 0 radical (unpaired) electrons. The highest BCUT2D eigenvalue weighted by Gasteiger charge is 2.12. The summed E-state index contributed by atoms with van der Waals surface area (Å²) in [6.45, 7) is 6.06. The van der Waals surface area contributed by atoms with E-state index in [1.54, 1.807) is 11.3 Å². The molecule has 0 fully saturated rings. The average molecular weight is 284 g/mol. The molecule has 0 aliphatic carbocycles. The predicted molar refractivity (Wildman–Crippen MR) is 79.5 cm³/mol. The van der Waals surface area contributed by atoms with Crippen LogP contribution in [0.25, 0.3) is 10.1 Å². The summed E-state index contributed by atoms with van der Waals surface area (Å²) in [5.41, 5.74) is 1.29. The third kappa shape index (κ3) is 3.04. The Kier molecular flexibility index (Phi) is 4.62. The van der Waals surface area contributed by atoms with Gasteiger partial charge in [-0.05, 0) is 48.4 Å². The normalized spacial score (nSPS) is 11.9. The fourth-order valence-corrected chi connectivity index (χ4v) is 3.15. The van der Waals surface area contributed by atoms with E-state index in [2.05, 4.69) is 30.2 Å². The first-order valence-corrected chi connectivity index (χ1v) is 7.38. The van der Waals surface area contributed by atoms with Crippen molar-refractivity contribution in [1.29, 1.82) is 0 Å². The van der Waals surface area contributed by atoms with Crippen molar-refractivity contribution in [3.63, 3.8) is 0 Å². The number of nitrogens with zero attached hydrogens (tertiary/aromatic N) is 1. The van der Waals surface area contributed by atoms with Crippen LogP contribution in [0.4, 0.5) is 0 Å². The van der Waals surface area contributed by atoms with Crippen LogP contribution in [-0.4, -0.2) is 29.2 Å². The Hall–Kier alpha value is -0.610. The Labute approximate surface area is 117 Å². The quantitative estimate of drug-likeness (QED) is 0.903. The van der Waals surface area contributed by atoms with Gasteiger partial charge >= 0.3 is 0 Å². The summed E-state index contributed by atoms with van der Waals surface area (Å²) in [5.74, 6) is 0. The number of fused-ring (bicyclic) bond motifs is 1. The molecular weight excluding hydrogens is 266 g/mol. The van der Waals surface area contributed by atoms with Gasteiger partial charge in [-0.15, -0.1) is 11.3 Å². The Balaban J connectivity index is 2.27. The van der Waals surface area contributed by atoms with Gasteiger partial charge in [-0.25, -0.2) is 0 Å². The topological polar surface area (TPSA) is 23.5 Å². The Morgan fingerprint density at radius 3 is 2.83 bits per heavy atom. The first kappa shape index (κ1) is 13.8. The number of halogens is 1. The molecule has 0 aliphatic heterocycles. The minimum atomic E-state index is 0.195. The maximum atomic E-state index is 9.11. The van der Waals surface area contributed by atoms with Crippen molar-refractivity contribution in [2.75, 3.05) is 13.2 Å². The number of hydrogen-bond acceptors (Lipinski definition) is 3. The molecule has 0 unspecified atom stereocenters. The van der Waals surface area contributed by atoms with E-state index in [-0.39, 0.29) is 6.61 Å². The second kappa shape index (κ2) is 6.02. The van der Waals surface area contributed by atoms with Gasteiger partial charge in [0, 0.05) is 28.9 Å². The minimum absolute atomic E-state index is 0.195. The number of benzene rings is 1. The van der Waals surface area contributed by atoms with Crippen LogP contribution in [0.3, 0.4) is 0 Å². The number of thiophene rings is 1. The fraction of sp³-hybridized carbons (Fsp3) is 0.429. The van der Waals surface area contributed by atoms with Gasteiger partial charge in [0.2, 0.25) is 0 Å². The zero-order valence-electron chi connectivity index (χ0n) is 10.7. The molecule has 1 heterocycles. The molecule has 0 aliphatic rings. The summed E-state index contributed by atoms with van der Waals surface area (Å²) >= 11 is 7.81. The van der Waals surface area contributed by atoms with Crippen molar-refractivity contribution >= 4 is 33.0 Å². The van der Waals surface area contributed by atoms with E-state index in [4.69, 9.17) is 16.7 Å². The summed E-state index contributed by atoms with van der Waals surface area (Å²) in [6, 6.07) is 6.45. The van der Waals surface area contributed by atoms with Crippen molar-refractivity contribution in [1.82, 2.24) is 4.90 Å². The van der Waals surface area contributed by atoms with Crippen LogP contribution >= 0.6 is 22.9 Å². The molecule has 0 spiro atoms. The predicted octanol–water partition coefficient (Wildman–Crippen LogP) is 3.76. The molecule has 0 saturated carbocycles. The Morgan fingerprint density at radius 1 is 1.39 bits per heavy atom. The van der Waals surface area contributed by atoms with Crippen LogP contribution in [-0.2, 0) is 6.54 Å². The van der Waals surface area contributed by atoms with E-state index >= 15 is 0 Å². The first-order chi connectivity index (χ1) is 8.61. The molecule has 2 rings (SSSR count). The number of aliphatic hydroxyl groups is 1. The monoisotopic (exact) mass is 283 g/mol. The van der Waals surface area contributed by atoms with Gasteiger partial charge in [0.05, 0.1) is 6.61 Å². The van der Waals surface area contributed by atoms with Crippen LogP contribution in [0.5, 0.6) is 0 Å². The largest absolute Gasteiger partial charge is 0.395 e. The average Bonchev–Trinajstić information content (AvgIpc) is 2.71. The Bertz CT molecular complexity index is 523. The smallest absolute Gasteiger partial charge is 0.0558 e. The molecule has 0 saturated heterocycles. The minimum Gasteiger partial charge on any atom is -0.395 e. The number of aliphatic hydroxyl groups excluding tert-OH is 1. The summed E-state index contributed by atoms with van der Waals surface area (Å²) in [7, 11) is 0. The second-order valence-corrected chi connectivity index (χ2v) is 6.04. The molecule has 0 amide bonds. The maximum absolute atomic E-state index is 9.11. The Morgan fingerprint density at radius 2 is 2.17 bits per heavy atom. The van der Waals surface area contributed by atoms with Crippen molar-refractivity contribution in [2.45, 2.75) is 26.4 Å².